The van der Waals surface area contributed by atoms with Crippen LogP contribution in [-0.2, 0) is 25.9 Å². The van der Waals surface area contributed by atoms with Crippen LogP contribution >= 0.6 is 15.9 Å². The molecule has 3 heterocycles. The van der Waals surface area contributed by atoms with Gasteiger partial charge in [0.15, 0.2) is 11.0 Å². The number of rotatable bonds is 4. The molecule has 0 saturated carbocycles. The Balaban J connectivity index is 1.48. The third kappa shape index (κ3) is 3.30. The lowest BCUT2D eigenvalue weighted by atomic mass is 9.99. The van der Waals surface area contributed by atoms with Crippen LogP contribution in [0.15, 0.2) is 53.3 Å². The molecule has 0 saturated heterocycles. The third-order valence-corrected chi connectivity index (χ3v) is 7.37. The summed E-state index contributed by atoms with van der Waals surface area (Å²) in [5.74, 6) is 2.13. The van der Waals surface area contributed by atoms with Crippen molar-refractivity contribution >= 4 is 27.0 Å². The molecule has 0 aliphatic carbocycles. The van der Waals surface area contributed by atoms with Crippen molar-refractivity contribution in [3.05, 3.63) is 86.6 Å². The lowest BCUT2D eigenvalue weighted by molar-refractivity contribution is -0.663. The summed E-state index contributed by atoms with van der Waals surface area (Å²) in [6.45, 7) is 7.54. The number of aromatic nitrogens is 2. The van der Waals surface area contributed by atoms with E-state index in [-0.39, 0.29) is 0 Å². The van der Waals surface area contributed by atoms with Gasteiger partial charge in [-0.1, -0.05) is 28.1 Å². The van der Waals surface area contributed by atoms with Crippen molar-refractivity contribution in [2.24, 2.45) is 0 Å². The minimum atomic E-state index is 0.763. The summed E-state index contributed by atoms with van der Waals surface area (Å²) in [5.41, 5.74) is 10.3. The molecule has 5 heteroatoms. The average molecular weight is 490 g/mol. The molecule has 1 aromatic heterocycles. The summed E-state index contributed by atoms with van der Waals surface area (Å²) in [6, 6.07) is 15.4. The first kappa shape index (κ1) is 19.9. The molecule has 0 fully saturated rings. The maximum atomic E-state index is 6.12. The van der Waals surface area contributed by atoms with E-state index in [1.807, 2.05) is 0 Å². The summed E-state index contributed by atoms with van der Waals surface area (Å²) < 4.78 is 17.9. The molecular weight excluding hydrogens is 464 g/mol. The first-order chi connectivity index (χ1) is 15.6. The van der Waals surface area contributed by atoms with E-state index < -0.39 is 0 Å². The molecule has 4 nitrogen and oxygen atoms in total. The predicted molar refractivity (Wildman–Crippen MR) is 129 cm³/mol. The van der Waals surface area contributed by atoms with Gasteiger partial charge in [-0.25, -0.2) is 9.13 Å². The van der Waals surface area contributed by atoms with Gasteiger partial charge in [-0.3, -0.25) is 0 Å². The number of ether oxygens (including phenoxy) is 2. The van der Waals surface area contributed by atoms with Crippen LogP contribution in [0.5, 0.6) is 11.5 Å². The second kappa shape index (κ2) is 7.66. The van der Waals surface area contributed by atoms with E-state index >= 15 is 0 Å². The highest BCUT2D eigenvalue weighted by Crippen LogP contribution is 2.41. The lowest BCUT2D eigenvalue weighted by Crippen LogP contribution is -2.33. The fourth-order valence-electron chi connectivity index (χ4n) is 5.00. The Labute approximate surface area is 196 Å². The molecule has 0 radical (unpaired) electrons. The number of hydrogen-bond acceptors (Lipinski definition) is 2. The van der Waals surface area contributed by atoms with Crippen molar-refractivity contribution in [2.45, 2.75) is 39.8 Å². The Hall–Kier alpha value is -2.79. The third-order valence-electron chi connectivity index (χ3n) is 6.84. The van der Waals surface area contributed by atoms with Gasteiger partial charge in [-0.15, -0.1) is 0 Å². The molecular formula is C27H26BrN2O2+. The van der Waals surface area contributed by atoms with Gasteiger partial charge >= 0.3 is 0 Å². The molecule has 3 aromatic carbocycles. The summed E-state index contributed by atoms with van der Waals surface area (Å²) in [7, 11) is 0. The standard InChI is InChI=1S/C27H26BrN2O2/c1-17-11-24-25(12-18(17)2)30(16-29(24)14-19-3-5-21(28)6-4-19)15-23-22-8-10-31-26(22)13-20-7-9-32-27(20)23/h3-6,11-13,16H,7-10,14-15H2,1-2H3/q+1. The maximum absolute atomic E-state index is 6.12. The first-order valence-corrected chi connectivity index (χ1v) is 12.0. The molecule has 0 amide bonds. The topological polar surface area (TPSA) is 27.3 Å². The summed E-state index contributed by atoms with van der Waals surface area (Å²) in [4.78, 5) is 0. The van der Waals surface area contributed by atoms with Crippen LogP contribution in [-0.4, -0.2) is 17.8 Å². The van der Waals surface area contributed by atoms with Gasteiger partial charge in [0.25, 0.3) is 0 Å². The molecule has 6 rings (SSSR count). The number of benzene rings is 3. The number of halogens is 1. The van der Waals surface area contributed by atoms with Crippen molar-refractivity contribution in [1.82, 2.24) is 4.57 Å². The van der Waals surface area contributed by atoms with E-state index in [0.717, 1.165) is 55.1 Å². The Bertz CT molecular complexity index is 1320. The van der Waals surface area contributed by atoms with Gasteiger partial charge in [0.05, 0.1) is 13.2 Å². The van der Waals surface area contributed by atoms with E-state index in [9.17, 15) is 0 Å². The van der Waals surface area contributed by atoms with Crippen molar-refractivity contribution < 1.29 is 14.0 Å². The van der Waals surface area contributed by atoms with Crippen LogP contribution < -0.4 is 14.0 Å². The number of aryl methyl sites for hydroxylation is 2. The molecule has 2 aliphatic heterocycles. The van der Waals surface area contributed by atoms with Crippen molar-refractivity contribution in [2.75, 3.05) is 13.2 Å². The van der Waals surface area contributed by atoms with Crippen molar-refractivity contribution in [3.8, 4) is 11.5 Å². The Morgan fingerprint density at radius 1 is 0.969 bits per heavy atom. The highest BCUT2D eigenvalue weighted by Gasteiger charge is 2.29. The molecule has 162 valence electrons. The highest BCUT2D eigenvalue weighted by molar-refractivity contribution is 9.10. The van der Waals surface area contributed by atoms with E-state index in [1.54, 1.807) is 0 Å². The van der Waals surface area contributed by atoms with E-state index in [4.69, 9.17) is 9.47 Å². The second-order valence-electron chi connectivity index (χ2n) is 8.94. The summed E-state index contributed by atoms with van der Waals surface area (Å²) in [5, 5.41) is 0. The summed E-state index contributed by atoms with van der Waals surface area (Å²) in [6.07, 6.45) is 4.19. The van der Waals surface area contributed by atoms with Gasteiger partial charge in [0.2, 0.25) is 6.33 Å². The fraction of sp³-hybridized carbons (Fsp3) is 0.296. The largest absolute Gasteiger partial charge is 0.493 e. The van der Waals surface area contributed by atoms with Crippen LogP contribution in [0.2, 0.25) is 0 Å². The van der Waals surface area contributed by atoms with Gasteiger partial charge in [-0.05, 0) is 60.9 Å². The van der Waals surface area contributed by atoms with Gasteiger partial charge in [-0.2, -0.15) is 0 Å². The van der Waals surface area contributed by atoms with Crippen molar-refractivity contribution in [3.63, 3.8) is 0 Å². The minimum absolute atomic E-state index is 0.763. The first-order valence-electron chi connectivity index (χ1n) is 11.2. The van der Waals surface area contributed by atoms with Gasteiger partial charge in [0.1, 0.15) is 24.6 Å². The fourth-order valence-corrected chi connectivity index (χ4v) is 5.26. The quantitative estimate of drug-likeness (QED) is 0.365. The summed E-state index contributed by atoms with van der Waals surface area (Å²) >= 11 is 3.55. The number of imidazole rings is 1. The average Bonchev–Trinajstić information content (AvgIpc) is 3.50. The van der Waals surface area contributed by atoms with Crippen LogP contribution in [0.4, 0.5) is 0 Å². The zero-order chi connectivity index (χ0) is 21.8. The van der Waals surface area contributed by atoms with Crippen LogP contribution in [0.1, 0.15) is 33.4 Å². The van der Waals surface area contributed by atoms with Crippen LogP contribution in [0, 0.1) is 13.8 Å². The highest BCUT2D eigenvalue weighted by atomic mass is 79.9. The smallest absolute Gasteiger partial charge is 0.245 e. The number of fused-ring (bicyclic) bond motifs is 3. The zero-order valence-corrected chi connectivity index (χ0v) is 20.0. The van der Waals surface area contributed by atoms with E-state index in [2.05, 4.69) is 87.7 Å². The van der Waals surface area contributed by atoms with Crippen LogP contribution in [0.25, 0.3) is 11.0 Å². The Morgan fingerprint density at radius 2 is 1.75 bits per heavy atom. The number of hydrogen-bond donors (Lipinski definition) is 0. The molecule has 0 unspecified atom stereocenters. The Kier molecular flexibility index (Phi) is 4.76. The molecule has 2 aliphatic rings. The van der Waals surface area contributed by atoms with E-state index in [1.165, 1.54) is 44.4 Å². The molecule has 32 heavy (non-hydrogen) atoms. The van der Waals surface area contributed by atoms with Gasteiger partial charge < -0.3 is 9.47 Å². The Morgan fingerprint density at radius 3 is 2.59 bits per heavy atom. The monoisotopic (exact) mass is 489 g/mol. The SMILES string of the molecule is Cc1cc2c(cc1C)[n+](Cc1ccc(Br)cc1)cn2Cc1c2c(cc3c1OCC3)OCC2. The normalized spacial score (nSPS) is 14.3. The zero-order valence-electron chi connectivity index (χ0n) is 18.5. The lowest BCUT2D eigenvalue weighted by Gasteiger charge is -2.11. The molecule has 0 atom stereocenters. The molecule has 0 bridgehead atoms. The predicted octanol–water partition coefficient (Wildman–Crippen LogP) is 5.27. The minimum Gasteiger partial charge on any atom is -0.493 e. The number of nitrogens with zero attached hydrogens (tertiary/aromatic N) is 2. The van der Waals surface area contributed by atoms with Gasteiger partial charge in [0, 0.05) is 34.0 Å². The molecule has 0 N–H and O–H groups in total. The second-order valence-corrected chi connectivity index (χ2v) is 9.86. The molecule has 0 spiro atoms. The van der Waals surface area contributed by atoms with E-state index in [0.29, 0.717) is 0 Å². The molecule has 4 aromatic rings. The van der Waals surface area contributed by atoms with Crippen LogP contribution in [0.3, 0.4) is 0 Å². The van der Waals surface area contributed by atoms with Crippen molar-refractivity contribution in [1.29, 1.82) is 0 Å². The maximum Gasteiger partial charge on any atom is 0.245 e.